The van der Waals surface area contributed by atoms with E-state index < -0.39 is 11.5 Å². The summed E-state index contributed by atoms with van der Waals surface area (Å²) in [4.78, 5) is 28.1. The van der Waals surface area contributed by atoms with Gasteiger partial charge >= 0.3 is 0 Å². The molecule has 0 aromatic heterocycles. The van der Waals surface area contributed by atoms with Gasteiger partial charge in [-0.2, -0.15) is 0 Å². The lowest BCUT2D eigenvalue weighted by Crippen LogP contribution is -2.43. The minimum atomic E-state index is -1.88. The number of benzene rings is 3. The molecule has 1 aliphatic heterocycles. The molecule has 0 bridgehead atoms. The summed E-state index contributed by atoms with van der Waals surface area (Å²) in [7, 11) is 0. The van der Waals surface area contributed by atoms with Crippen molar-refractivity contribution in [2.75, 3.05) is 18.1 Å². The van der Waals surface area contributed by atoms with Gasteiger partial charge in [-0.3, -0.25) is 9.59 Å². The van der Waals surface area contributed by atoms with E-state index in [2.05, 4.69) is 0 Å². The van der Waals surface area contributed by atoms with E-state index in [1.54, 1.807) is 18.2 Å². The van der Waals surface area contributed by atoms with Crippen LogP contribution in [0.4, 0.5) is 5.69 Å². The van der Waals surface area contributed by atoms with Gasteiger partial charge in [0.25, 0.3) is 5.91 Å². The Labute approximate surface area is 193 Å². The number of fused-ring (bicyclic) bond motifs is 2. The fourth-order valence-electron chi connectivity index (χ4n) is 4.91. The summed E-state index contributed by atoms with van der Waals surface area (Å²) < 4.78 is 5.76. The van der Waals surface area contributed by atoms with Gasteiger partial charge in [-0.05, 0) is 61.1 Å². The number of Topliss-reactive ketones (excluding diaryl/α,β-unsaturated/α-hetero) is 1. The third-order valence-electron chi connectivity index (χ3n) is 6.65. The number of anilines is 1. The van der Waals surface area contributed by atoms with Crippen LogP contribution in [0.5, 0.6) is 5.75 Å². The van der Waals surface area contributed by atoms with Crippen molar-refractivity contribution in [2.45, 2.75) is 37.7 Å². The molecule has 0 radical (unpaired) electrons. The van der Waals surface area contributed by atoms with Gasteiger partial charge in [0, 0.05) is 11.1 Å². The predicted molar refractivity (Wildman–Crippen MR) is 127 cm³/mol. The van der Waals surface area contributed by atoms with Crippen molar-refractivity contribution in [1.29, 1.82) is 0 Å². The van der Waals surface area contributed by atoms with E-state index in [9.17, 15) is 14.7 Å². The van der Waals surface area contributed by atoms with E-state index in [0.29, 0.717) is 16.8 Å². The molecule has 5 heteroatoms. The van der Waals surface area contributed by atoms with E-state index in [4.69, 9.17) is 4.74 Å². The normalized spacial score (nSPS) is 19.2. The number of hydrogen-bond donors (Lipinski definition) is 1. The van der Waals surface area contributed by atoms with Crippen molar-refractivity contribution in [3.05, 3.63) is 95.1 Å². The zero-order chi connectivity index (χ0) is 22.8. The second-order valence-electron chi connectivity index (χ2n) is 8.79. The zero-order valence-electron chi connectivity index (χ0n) is 18.5. The minimum Gasteiger partial charge on any atom is -0.492 e. The summed E-state index contributed by atoms with van der Waals surface area (Å²) >= 11 is 0. The third-order valence-corrected chi connectivity index (χ3v) is 6.65. The first-order valence-electron chi connectivity index (χ1n) is 11.5. The number of ketones is 1. The first-order chi connectivity index (χ1) is 16.1. The van der Waals surface area contributed by atoms with E-state index >= 15 is 0 Å². The summed E-state index contributed by atoms with van der Waals surface area (Å²) in [5.41, 5.74) is 2.28. The Hall–Kier alpha value is -3.44. The molecule has 0 saturated carbocycles. The Morgan fingerprint density at radius 1 is 0.939 bits per heavy atom. The number of aryl methyl sites for hydroxylation is 2. The highest BCUT2D eigenvalue weighted by Gasteiger charge is 2.50. The number of ether oxygens (including phenoxy) is 1. The second-order valence-corrected chi connectivity index (χ2v) is 8.79. The number of aliphatic hydroxyl groups is 1. The van der Waals surface area contributed by atoms with Crippen LogP contribution in [-0.2, 0) is 23.2 Å². The highest BCUT2D eigenvalue weighted by atomic mass is 16.5. The number of rotatable bonds is 7. The molecule has 1 heterocycles. The summed E-state index contributed by atoms with van der Waals surface area (Å²) in [6.07, 6.45) is 4.03. The Morgan fingerprint density at radius 2 is 1.67 bits per heavy atom. The number of hydrogen-bond acceptors (Lipinski definition) is 4. The summed E-state index contributed by atoms with van der Waals surface area (Å²) in [6, 6.07) is 22.3. The van der Waals surface area contributed by atoms with Crippen LogP contribution in [0, 0.1) is 0 Å². The number of nitrogens with zero attached hydrogens (tertiary/aromatic N) is 1. The van der Waals surface area contributed by atoms with Crippen LogP contribution >= 0.6 is 0 Å². The standard InChI is InChI=1S/C28H27NO4/c30-26(22-15-14-20-8-4-5-9-21(20)18-22)19-28(32)24-12-6-7-13-25(24)29(27(28)31)16-17-33-23-10-2-1-3-11-23/h1-3,6-7,10-15,18,32H,4-5,8-9,16-17,19H2. The Bertz CT molecular complexity index is 1190. The van der Waals surface area contributed by atoms with Crippen LogP contribution in [0.1, 0.15) is 46.3 Å². The molecule has 3 aromatic rings. The Kier molecular flexibility index (Phi) is 5.73. The Morgan fingerprint density at radius 3 is 2.48 bits per heavy atom. The molecule has 0 spiro atoms. The van der Waals surface area contributed by atoms with Gasteiger partial charge in [0.1, 0.15) is 12.4 Å². The minimum absolute atomic E-state index is 0.226. The zero-order valence-corrected chi connectivity index (χ0v) is 18.5. The number of carbonyl (C=O) groups excluding carboxylic acids is 2. The summed E-state index contributed by atoms with van der Waals surface area (Å²) in [5, 5.41) is 11.5. The third kappa shape index (κ3) is 4.05. The maximum absolute atomic E-state index is 13.4. The molecule has 1 unspecified atom stereocenters. The van der Waals surface area contributed by atoms with E-state index in [-0.39, 0.29) is 25.4 Å². The van der Waals surface area contributed by atoms with Gasteiger partial charge in [0.05, 0.1) is 18.7 Å². The fraction of sp³-hybridized carbons (Fsp3) is 0.286. The smallest absolute Gasteiger partial charge is 0.264 e. The van der Waals surface area contributed by atoms with Gasteiger partial charge in [-0.1, -0.05) is 48.5 Å². The summed E-state index contributed by atoms with van der Waals surface area (Å²) in [5.74, 6) is 0.0124. The molecule has 0 saturated heterocycles. The topological polar surface area (TPSA) is 66.8 Å². The maximum Gasteiger partial charge on any atom is 0.264 e. The molecule has 168 valence electrons. The van der Waals surface area contributed by atoms with Crippen molar-refractivity contribution < 1.29 is 19.4 Å². The van der Waals surface area contributed by atoms with Crippen molar-refractivity contribution in [3.8, 4) is 5.75 Å². The molecule has 5 nitrogen and oxygen atoms in total. The van der Waals surface area contributed by atoms with Crippen molar-refractivity contribution in [2.24, 2.45) is 0 Å². The molecule has 2 aliphatic rings. The van der Waals surface area contributed by atoms with Crippen molar-refractivity contribution in [1.82, 2.24) is 0 Å². The molecular weight excluding hydrogens is 414 g/mol. The van der Waals surface area contributed by atoms with E-state index in [1.807, 2.05) is 54.6 Å². The van der Waals surface area contributed by atoms with Crippen LogP contribution < -0.4 is 9.64 Å². The highest BCUT2D eigenvalue weighted by Crippen LogP contribution is 2.42. The van der Waals surface area contributed by atoms with Crippen LogP contribution in [0.2, 0.25) is 0 Å². The largest absolute Gasteiger partial charge is 0.492 e. The van der Waals surface area contributed by atoms with Crippen LogP contribution in [0.3, 0.4) is 0 Å². The van der Waals surface area contributed by atoms with Crippen molar-refractivity contribution in [3.63, 3.8) is 0 Å². The average molecular weight is 442 g/mol. The molecule has 0 fully saturated rings. The van der Waals surface area contributed by atoms with Crippen LogP contribution in [-0.4, -0.2) is 29.9 Å². The molecule has 1 N–H and O–H groups in total. The van der Waals surface area contributed by atoms with Gasteiger partial charge in [-0.25, -0.2) is 0 Å². The molecule has 3 aromatic carbocycles. The predicted octanol–water partition coefficient (Wildman–Crippen LogP) is 4.45. The first kappa shape index (κ1) is 21.4. The van der Waals surface area contributed by atoms with Crippen LogP contribution in [0.15, 0.2) is 72.8 Å². The molecule has 5 rings (SSSR count). The number of para-hydroxylation sites is 2. The fourth-order valence-corrected chi connectivity index (χ4v) is 4.91. The molecular formula is C28H27NO4. The SMILES string of the molecule is O=C(CC1(O)C(=O)N(CCOc2ccccc2)c2ccccc21)c1ccc2c(c1)CCCC2. The van der Waals surface area contributed by atoms with Gasteiger partial charge in [0.2, 0.25) is 0 Å². The number of amides is 1. The van der Waals surface area contributed by atoms with E-state index in [1.165, 1.54) is 22.4 Å². The lowest BCUT2D eigenvalue weighted by atomic mass is 9.85. The number of carbonyl (C=O) groups is 2. The summed E-state index contributed by atoms with van der Waals surface area (Å²) in [6.45, 7) is 0.555. The molecule has 1 atom stereocenters. The lowest BCUT2D eigenvalue weighted by molar-refractivity contribution is -0.135. The molecule has 1 aliphatic carbocycles. The van der Waals surface area contributed by atoms with Crippen molar-refractivity contribution >= 4 is 17.4 Å². The lowest BCUT2D eigenvalue weighted by Gasteiger charge is -2.23. The van der Waals surface area contributed by atoms with E-state index in [0.717, 1.165) is 25.0 Å². The average Bonchev–Trinajstić information content (AvgIpc) is 3.06. The Balaban J connectivity index is 1.35. The molecule has 33 heavy (non-hydrogen) atoms. The van der Waals surface area contributed by atoms with Gasteiger partial charge < -0.3 is 14.7 Å². The molecule has 1 amide bonds. The monoisotopic (exact) mass is 441 g/mol. The van der Waals surface area contributed by atoms with Crippen LogP contribution in [0.25, 0.3) is 0 Å². The first-order valence-corrected chi connectivity index (χ1v) is 11.5. The van der Waals surface area contributed by atoms with Gasteiger partial charge in [-0.15, -0.1) is 0 Å². The van der Waals surface area contributed by atoms with Gasteiger partial charge in [0.15, 0.2) is 11.4 Å². The quantitative estimate of drug-likeness (QED) is 0.550. The maximum atomic E-state index is 13.4. The highest BCUT2D eigenvalue weighted by molar-refractivity contribution is 6.10. The second kappa shape index (κ2) is 8.83.